The largest absolute Gasteiger partial charge is 0.496 e. The number of halogens is 1. The van der Waals surface area contributed by atoms with Gasteiger partial charge in [0.15, 0.2) is 4.77 Å². The van der Waals surface area contributed by atoms with Gasteiger partial charge in [-0.05, 0) is 42.4 Å². The van der Waals surface area contributed by atoms with Crippen molar-refractivity contribution in [3.8, 4) is 5.75 Å². The van der Waals surface area contributed by atoms with Gasteiger partial charge in [-0.2, -0.15) is 0 Å². The lowest BCUT2D eigenvalue weighted by Gasteiger charge is -2.09. The number of aromatic amines is 2. The van der Waals surface area contributed by atoms with Crippen LogP contribution in [0.5, 0.6) is 5.75 Å². The highest BCUT2D eigenvalue weighted by atomic mass is 32.1. The van der Waals surface area contributed by atoms with Crippen LogP contribution in [0.4, 0.5) is 4.39 Å². The van der Waals surface area contributed by atoms with Gasteiger partial charge < -0.3 is 20.0 Å². The van der Waals surface area contributed by atoms with E-state index < -0.39 is 5.82 Å². The van der Waals surface area contributed by atoms with Crippen LogP contribution < -0.4 is 10.1 Å². The lowest BCUT2D eigenvalue weighted by molar-refractivity contribution is 0.0955. The number of para-hydroxylation sites is 1. The molecule has 124 valence electrons. The molecule has 1 aromatic heterocycles. The van der Waals surface area contributed by atoms with E-state index in [1.54, 1.807) is 7.11 Å². The van der Waals surface area contributed by atoms with Crippen molar-refractivity contribution >= 4 is 29.2 Å². The van der Waals surface area contributed by atoms with E-state index in [1.165, 1.54) is 12.1 Å². The minimum absolute atomic E-state index is 0.220. The molecule has 3 N–H and O–H groups in total. The molecule has 1 heterocycles. The normalized spacial score (nSPS) is 10.8. The van der Waals surface area contributed by atoms with E-state index in [9.17, 15) is 9.18 Å². The molecule has 0 saturated heterocycles. The Morgan fingerprint density at radius 1 is 1.29 bits per heavy atom. The Labute approximate surface area is 142 Å². The molecular weight excluding hydrogens is 329 g/mol. The molecule has 5 nitrogen and oxygen atoms in total. The first-order valence-electron chi connectivity index (χ1n) is 7.40. The number of nitrogens with one attached hydrogen (secondary N) is 3. The molecule has 0 aliphatic carbocycles. The predicted octanol–water partition coefficient (Wildman–Crippen LogP) is 3.35. The first-order chi connectivity index (χ1) is 11.6. The Kier molecular flexibility index (Phi) is 4.61. The zero-order valence-corrected chi connectivity index (χ0v) is 13.8. The topological polar surface area (TPSA) is 69.9 Å². The summed E-state index contributed by atoms with van der Waals surface area (Å²) in [6, 6.07) is 10.1. The molecule has 3 rings (SSSR count). The summed E-state index contributed by atoms with van der Waals surface area (Å²) in [6.07, 6.45) is 0.608. The van der Waals surface area contributed by atoms with Crippen molar-refractivity contribution < 1.29 is 13.9 Å². The summed E-state index contributed by atoms with van der Waals surface area (Å²) in [4.78, 5) is 18.1. The van der Waals surface area contributed by atoms with Crippen molar-refractivity contribution in [3.63, 3.8) is 0 Å². The lowest BCUT2D eigenvalue weighted by Crippen LogP contribution is -2.26. The maximum absolute atomic E-state index is 13.7. The summed E-state index contributed by atoms with van der Waals surface area (Å²) in [5.74, 6) is -0.0862. The molecule has 0 fully saturated rings. The smallest absolute Gasteiger partial charge is 0.253 e. The number of aromatic nitrogens is 2. The third-order valence-electron chi connectivity index (χ3n) is 3.71. The van der Waals surface area contributed by atoms with E-state index in [1.807, 2.05) is 24.3 Å². The summed E-state index contributed by atoms with van der Waals surface area (Å²) < 4.78 is 19.3. The van der Waals surface area contributed by atoms with E-state index in [2.05, 4.69) is 15.3 Å². The average Bonchev–Trinajstić information content (AvgIpc) is 2.94. The first-order valence-corrected chi connectivity index (χ1v) is 7.81. The van der Waals surface area contributed by atoms with Crippen LogP contribution in [-0.2, 0) is 6.42 Å². The summed E-state index contributed by atoms with van der Waals surface area (Å²) >= 11 is 5.00. The summed E-state index contributed by atoms with van der Waals surface area (Å²) in [5.41, 5.74) is 2.18. The average molecular weight is 345 g/mol. The van der Waals surface area contributed by atoms with Crippen molar-refractivity contribution in [3.05, 3.63) is 58.1 Å². The first kappa shape index (κ1) is 16.2. The number of imidazole rings is 1. The SMILES string of the molecule is COc1ccccc1CCNC(=O)c1cc(F)cc2[nH]c(=S)[nH]c12. The number of rotatable bonds is 5. The fourth-order valence-electron chi connectivity index (χ4n) is 2.60. The number of hydrogen-bond acceptors (Lipinski definition) is 3. The number of ether oxygens (including phenoxy) is 1. The Balaban J connectivity index is 1.75. The predicted molar refractivity (Wildman–Crippen MR) is 92.5 cm³/mol. The van der Waals surface area contributed by atoms with Gasteiger partial charge in [0, 0.05) is 6.54 Å². The second kappa shape index (κ2) is 6.84. The zero-order valence-electron chi connectivity index (χ0n) is 13.0. The molecule has 0 aliphatic heterocycles. The van der Waals surface area contributed by atoms with Crippen molar-refractivity contribution in [1.29, 1.82) is 0 Å². The van der Waals surface area contributed by atoms with Gasteiger partial charge in [0.1, 0.15) is 11.6 Å². The quantitative estimate of drug-likeness (QED) is 0.621. The summed E-state index contributed by atoms with van der Waals surface area (Å²) in [7, 11) is 1.61. The summed E-state index contributed by atoms with van der Waals surface area (Å²) in [5, 5.41) is 2.80. The molecule has 0 radical (unpaired) electrons. The van der Waals surface area contributed by atoms with E-state index in [0.29, 0.717) is 28.8 Å². The maximum Gasteiger partial charge on any atom is 0.253 e. The Morgan fingerprint density at radius 3 is 2.88 bits per heavy atom. The van der Waals surface area contributed by atoms with Crippen LogP contribution in [0.25, 0.3) is 11.0 Å². The molecular formula is C17H16FN3O2S. The number of hydrogen-bond donors (Lipinski definition) is 3. The van der Waals surface area contributed by atoms with Crippen molar-refractivity contribution in [2.24, 2.45) is 0 Å². The van der Waals surface area contributed by atoms with Gasteiger partial charge in [0.05, 0.1) is 23.7 Å². The minimum atomic E-state index is -0.498. The molecule has 2 aromatic carbocycles. The number of benzene rings is 2. The molecule has 24 heavy (non-hydrogen) atoms. The number of amides is 1. The van der Waals surface area contributed by atoms with Gasteiger partial charge in [-0.1, -0.05) is 18.2 Å². The third-order valence-corrected chi connectivity index (χ3v) is 3.91. The standard InChI is InChI=1S/C17H16FN3O2S/c1-23-14-5-3-2-4-10(14)6-7-19-16(22)12-8-11(18)9-13-15(12)21-17(24)20-13/h2-5,8-9H,6-7H2,1H3,(H,19,22)(H2,20,21,24). The summed E-state index contributed by atoms with van der Waals surface area (Å²) in [6.45, 7) is 0.405. The highest BCUT2D eigenvalue weighted by molar-refractivity contribution is 7.71. The van der Waals surface area contributed by atoms with E-state index in [0.717, 1.165) is 11.3 Å². The van der Waals surface area contributed by atoms with Gasteiger partial charge in [0.25, 0.3) is 5.91 Å². The fourth-order valence-corrected chi connectivity index (χ4v) is 2.81. The second-order valence-corrected chi connectivity index (χ2v) is 5.68. The molecule has 0 spiro atoms. The fraction of sp³-hybridized carbons (Fsp3) is 0.176. The number of carbonyl (C=O) groups excluding carboxylic acids is 1. The zero-order chi connectivity index (χ0) is 17.1. The number of methoxy groups -OCH3 is 1. The van der Waals surface area contributed by atoms with E-state index in [-0.39, 0.29) is 11.5 Å². The van der Waals surface area contributed by atoms with Gasteiger partial charge in [-0.25, -0.2) is 4.39 Å². The van der Waals surface area contributed by atoms with Crippen LogP contribution >= 0.6 is 12.2 Å². The van der Waals surface area contributed by atoms with Gasteiger partial charge in [-0.3, -0.25) is 4.79 Å². The van der Waals surface area contributed by atoms with Gasteiger partial charge in [-0.15, -0.1) is 0 Å². The second-order valence-electron chi connectivity index (χ2n) is 5.27. The van der Waals surface area contributed by atoms with Crippen LogP contribution in [0.3, 0.4) is 0 Å². The number of H-pyrrole nitrogens is 2. The lowest BCUT2D eigenvalue weighted by atomic mass is 10.1. The molecule has 0 aliphatic rings. The van der Waals surface area contributed by atoms with Crippen molar-refractivity contribution in [2.45, 2.75) is 6.42 Å². The molecule has 1 amide bonds. The van der Waals surface area contributed by atoms with Gasteiger partial charge in [0.2, 0.25) is 0 Å². The van der Waals surface area contributed by atoms with Crippen LogP contribution in [0.1, 0.15) is 15.9 Å². The van der Waals surface area contributed by atoms with Gasteiger partial charge >= 0.3 is 0 Å². The Bertz CT molecular complexity index is 948. The molecule has 0 saturated carbocycles. The van der Waals surface area contributed by atoms with Crippen LogP contribution in [-0.4, -0.2) is 29.5 Å². The number of carbonyl (C=O) groups is 1. The molecule has 0 bridgehead atoms. The van der Waals surface area contributed by atoms with E-state index >= 15 is 0 Å². The molecule has 0 atom stereocenters. The molecule has 3 aromatic rings. The Morgan fingerprint density at radius 2 is 2.08 bits per heavy atom. The minimum Gasteiger partial charge on any atom is -0.496 e. The Hall–Kier alpha value is -2.67. The number of fused-ring (bicyclic) bond motifs is 1. The van der Waals surface area contributed by atoms with Crippen LogP contribution in [0.2, 0.25) is 0 Å². The van der Waals surface area contributed by atoms with Crippen LogP contribution in [0.15, 0.2) is 36.4 Å². The third kappa shape index (κ3) is 3.30. The van der Waals surface area contributed by atoms with Crippen molar-refractivity contribution in [2.75, 3.05) is 13.7 Å². The van der Waals surface area contributed by atoms with Crippen LogP contribution in [0, 0.1) is 10.6 Å². The van der Waals surface area contributed by atoms with E-state index in [4.69, 9.17) is 17.0 Å². The molecule has 7 heteroatoms. The highest BCUT2D eigenvalue weighted by Gasteiger charge is 2.14. The highest BCUT2D eigenvalue weighted by Crippen LogP contribution is 2.19. The molecule has 0 unspecified atom stereocenters. The van der Waals surface area contributed by atoms with Crippen molar-refractivity contribution in [1.82, 2.24) is 15.3 Å². The maximum atomic E-state index is 13.7. The monoisotopic (exact) mass is 345 g/mol.